The zero-order chi connectivity index (χ0) is 20.4. The van der Waals surface area contributed by atoms with Crippen molar-refractivity contribution in [3.05, 3.63) is 65.5 Å². The largest absolute Gasteiger partial charge is 0.342 e. The van der Waals surface area contributed by atoms with Gasteiger partial charge in [-0.15, -0.1) is 0 Å². The van der Waals surface area contributed by atoms with E-state index in [4.69, 9.17) is 0 Å². The van der Waals surface area contributed by atoms with Crippen molar-refractivity contribution in [1.82, 2.24) is 15.2 Å². The topological polar surface area (TPSA) is 62.3 Å². The first-order valence-corrected chi connectivity index (χ1v) is 10.3. The SMILES string of the molecule is CC(=O)N1C[C@H](F)C[C@H]1C(=O)NC(c1ccccc1)c1ccc(C2CCC2)cn1. The second-order valence-corrected chi connectivity index (χ2v) is 8.02. The predicted octanol–water partition coefficient (Wildman–Crippen LogP) is 3.51. The fourth-order valence-electron chi connectivity index (χ4n) is 4.16. The van der Waals surface area contributed by atoms with Crippen LogP contribution >= 0.6 is 0 Å². The summed E-state index contributed by atoms with van der Waals surface area (Å²) >= 11 is 0. The number of benzene rings is 1. The monoisotopic (exact) mass is 395 g/mol. The number of carbonyl (C=O) groups is 2. The van der Waals surface area contributed by atoms with Gasteiger partial charge >= 0.3 is 0 Å². The van der Waals surface area contributed by atoms with E-state index in [1.807, 2.05) is 42.6 Å². The number of amides is 2. The van der Waals surface area contributed by atoms with Crippen LogP contribution in [0.25, 0.3) is 0 Å². The normalized spacial score (nSPS) is 22.8. The van der Waals surface area contributed by atoms with Gasteiger partial charge in [0.05, 0.1) is 18.3 Å². The van der Waals surface area contributed by atoms with Crippen molar-refractivity contribution in [2.45, 2.75) is 56.8 Å². The second-order valence-electron chi connectivity index (χ2n) is 8.02. The molecule has 5 nitrogen and oxygen atoms in total. The van der Waals surface area contributed by atoms with Gasteiger partial charge in [-0.05, 0) is 36.0 Å². The highest BCUT2D eigenvalue weighted by Crippen LogP contribution is 2.36. The van der Waals surface area contributed by atoms with E-state index >= 15 is 0 Å². The zero-order valence-electron chi connectivity index (χ0n) is 16.6. The molecule has 1 saturated heterocycles. The summed E-state index contributed by atoms with van der Waals surface area (Å²) in [4.78, 5) is 30.8. The maximum absolute atomic E-state index is 13.9. The van der Waals surface area contributed by atoms with E-state index in [1.54, 1.807) is 0 Å². The summed E-state index contributed by atoms with van der Waals surface area (Å²) < 4.78 is 13.9. The summed E-state index contributed by atoms with van der Waals surface area (Å²) in [6.07, 6.45) is 4.42. The van der Waals surface area contributed by atoms with Crippen LogP contribution in [0.5, 0.6) is 0 Å². The molecule has 1 aliphatic heterocycles. The van der Waals surface area contributed by atoms with Crippen LogP contribution in [0.1, 0.15) is 61.4 Å². The maximum atomic E-state index is 13.9. The number of rotatable bonds is 5. The average Bonchev–Trinajstić information content (AvgIpc) is 3.08. The van der Waals surface area contributed by atoms with Gasteiger partial charge in [0.1, 0.15) is 12.2 Å². The van der Waals surface area contributed by atoms with E-state index in [2.05, 4.69) is 16.4 Å². The highest BCUT2D eigenvalue weighted by Gasteiger charge is 2.39. The van der Waals surface area contributed by atoms with Crippen molar-refractivity contribution in [2.24, 2.45) is 0 Å². The quantitative estimate of drug-likeness (QED) is 0.843. The van der Waals surface area contributed by atoms with Gasteiger partial charge in [-0.25, -0.2) is 4.39 Å². The number of halogens is 1. The van der Waals surface area contributed by atoms with Crippen LogP contribution in [0.2, 0.25) is 0 Å². The first-order valence-electron chi connectivity index (χ1n) is 10.3. The molecule has 1 N–H and O–H groups in total. The number of aromatic nitrogens is 1. The van der Waals surface area contributed by atoms with E-state index in [-0.39, 0.29) is 24.8 Å². The third-order valence-electron chi connectivity index (χ3n) is 6.06. The molecular weight excluding hydrogens is 369 g/mol. The highest BCUT2D eigenvalue weighted by atomic mass is 19.1. The summed E-state index contributed by atoms with van der Waals surface area (Å²) in [5.41, 5.74) is 2.86. The smallest absolute Gasteiger partial charge is 0.243 e. The lowest BCUT2D eigenvalue weighted by atomic mass is 9.80. The first-order chi connectivity index (χ1) is 14.0. The maximum Gasteiger partial charge on any atom is 0.243 e. The Labute approximate surface area is 170 Å². The van der Waals surface area contributed by atoms with Crippen LogP contribution in [-0.4, -0.2) is 40.5 Å². The minimum absolute atomic E-state index is 0.0287. The molecule has 29 heavy (non-hydrogen) atoms. The van der Waals surface area contributed by atoms with Crippen LogP contribution in [-0.2, 0) is 9.59 Å². The summed E-state index contributed by atoms with van der Waals surface area (Å²) in [5, 5.41) is 3.01. The molecule has 0 spiro atoms. The van der Waals surface area contributed by atoms with Gasteiger partial charge in [0, 0.05) is 19.5 Å². The molecular formula is C23H26FN3O2. The first kappa shape index (κ1) is 19.6. The average molecular weight is 395 g/mol. The number of likely N-dealkylation sites (tertiary alicyclic amines) is 1. The molecule has 152 valence electrons. The fourth-order valence-corrected chi connectivity index (χ4v) is 4.16. The third kappa shape index (κ3) is 4.16. The Morgan fingerprint density at radius 3 is 2.52 bits per heavy atom. The third-order valence-corrected chi connectivity index (χ3v) is 6.06. The van der Waals surface area contributed by atoms with E-state index in [0.717, 1.165) is 11.3 Å². The number of hydrogen-bond acceptors (Lipinski definition) is 3. The molecule has 2 heterocycles. The highest BCUT2D eigenvalue weighted by molar-refractivity contribution is 5.88. The molecule has 2 fully saturated rings. The zero-order valence-corrected chi connectivity index (χ0v) is 16.6. The van der Waals surface area contributed by atoms with Gasteiger partial charge < -0.3 is 10.2 Å². The van der Waals surface area contributed by atoms with Crippen LogP contribution < -0.4 is 5.32 Å². The van der Waals surface area contributed by atoms with Crippen molar-refractivity contribution in [2.75, 3.05) is 6.54 Å². The molecule has 2 aromatic rings. The summed E-state index contributed by atoms with van der Waals surface area (Å²) in [6, 6.07) is 12.4. The summed E-state index contributed by atoms with van der Waals surface area (Å²) in [5.74, 6) is -0.0472. The molecule has 1 saturated carbocycles. The Morgan fingerprint density at radius 2 is 1.93 bits per heavy atom. The number of nitrogens with zero attached hydrogens (tertiary/aromatic N) is 2. The van der Waals surface area contributed by atoms with Crippen molar-refractivity contribution in [1.29, 1.82) is 0 Å². The Balaban J connectivity index is 1.58. The Bertz CT molecular complexity index is 867. The standard InChI is InChI=1S/C23H26FN3O2/c1-15(28)27-14-19(24)12-21(27)23(29)26-22(17-6-3-2-4-7-17)20-11-10-18(13-25-20)16-8-5-9-16/h2-4,6-7,10-11,13,16,19,21-22H,5,8-9,12,14H2,1H3,(H,26,29)/t19-,21+,22?/m1/s1. The lowest BCUT2D eigenvalue weighted by molar-refractivity contribution is -0.137. The molecule has 4 rings (SSSR count). The lowest BCUT2D eigenvalue weighted by Crippen LogP contribution is -2.46. The summed E-state index contributed by atoms with van der Waals surface area (Å²) in [7, 11) is 0. The van der Waals surface area contributed by atoms with Crippen molar-refractivity contribution in [3.8, 4) is 0 Å². The van der Waals surface area contributed by atoms with Gasteiger partial charge in [-0.2, -0.15) is 0 Å². The number of nitrogens with one attached hydrogen (secondary N) is 1. The molecule has 6 heteroatoms. The second kappa shape index (κ2) is 8.31. The molecule has 0 bridgehead atoms. The van der Waals surface area contributed by atoms with Crippen LogP contribution in [0.4, 0.5) is 4.39 Å². The summed E-state index contributed by atoms with van der Waals surface area (Å²) in [6.45, 7) is 1.34. The van der Waals surface area contributed by atoms with Crippen molar-refractivity contribution >= 4 is 11.8 Å². The Kier molecular flexibility index (Phi) is 5.60. The van der Waals surface area contributed by atoms with Crippen LogP contribution in [0.15, 0.2) is 48.7 Å². The molecule has 2 amide bonds. The Hall–Kier alpha value is -2.76. The van der Waals surface area contributed by atoms with Gasteiger partial charge in [0.15, 0.2) is 0 Å². The van der Waals surface area contributed by atoms with E-state index in [9.17, 15) is 14.0 Å². The molecule has 3 atom stereocenters. The molecule has 1 unspecified atom stereocenters. The van der Waals surface area contributed by atoms with Crippen molar-refractivity contribution in [3.63, 3.8) is 0 Å². The molecule has 0 radical (unpaired) electrons. The number of hydrogen-bond donors (Lipinski definition) is 1. The van der Waals surface area contributed by atoms with Crippen LogP contribution in [0.3, 0.4) is 0 Å². The molecule has 2 aliphatic rings. The van der Waals surface area contributed by atoms with Gasteiger partial charge in [0.25, 0.3) is 0 Å². The minimum atomic E-state index is -1.18. The van der Waals surface area contributed by atoms with Gasteiger partial charge in [0.2, 0.25) is 11.8 Å². The van der Waals surface area contributed by atoms with Gasteiger partial charge in [-0.3, -0.25) is 14.6 Å². The van der Waals surface area contributed by atoms with Gasteiger partial charge in [-0.1, -0.05) is 42.8 Å². The molecule has 1 aromatic carbocycles. The van der Waals surface area contributed by atoms with Crippen LogP contribution in [0, 0.1) is 0 Å². The number of alkyl halides is 1. The van der Waals surface area contributed by atoms with E-state index in [0.29, 0.717) is 5.92 Å². The predicted molar refractivity (Wildman–Crippen MR) is 108 cm³/mol. The lowest BCUT2D eigenvalue weighted by Gasteiger charge is -2.27. The number of carbonyl (C=O) groups excluding carboxylic acids is 2. The van der Waals surface area contributed by atoms with Crippen molar-refractivity contribution < 1.29 is 14.0 Å². The molecule has 1 aromatic heterocycles. The van der Waals surface area contributed by atoms with E-state index in [1.165, 1.54) is 36.6 Å². The van der Waals surface area contributed by atoms with E-state index < -0.39 is 18.3 Å². The Morgan fingerprint density at radius 1 is 1.17 bits per heavy atom. The number of pyridine rings is 1. The minimum Gasteiger partial charge on any atom is -0.342 e. The fraction of sp³-hybridized carbons (Fsp3) is 0.435. The molecule has 1 aliphatic carbocycles.